The minimum atomic E-state index is -1.64. The van der Waals surface area contributed by atoms with Crippen LogP contribution in [0.3, 0.4) is 0 Å². The van der Waals surface area contributed by atoms with Crippen molar-refractivity contribution in [1.82, 2.24) is 25.3 Å². The Labute approximate surface area is 355 Å². The molecular weight excluding hydrogens is 883 g/mol. The topological polar surface area (TPSA) is 201 Å². The maximum Gasteiger partial charge on any atom is 0.329 e. The number of nitrogens with two attached hydrogens (primary N) is 1. The quantitative estimate of drug-likeness (QED) is 0.172. The van der Waals surface area contributed by atoms with Crippen molar-refractivity contribution in [3.05, 3.63) is 63.2 Å². The van der Waals surface area contributed by atoms with E-state index in [9.17, 15) is 42.3 Å². The number of anilines is 1. The number of Topliss-reactive ketones (excluding diaryl/α,β-unsaturated/α-hetero) is 1. The van der Waals surface area contributed by atoms with Gasteiger partial charge in [-0.25, -0.2) is 18.4 Å². The molecule has 2 aromatic carbocycles. The van der Waals surface area contributed by atoms with Crippen molar-refractivity contribution >= 4 is 69.7 Å². The molecule has 6 amide bonds. The van der Waals surface area contributed by atoms with E-state index in [1.807, 2.05) is 6.92 Å². The largest absolute Gasteiger partial charge is 0.458 e. The molecule has 0 spiro atoms. The van der Waals surface area contributed by atoms with Crippen molar-refractivity contribution in [2.45, 2.75) is 115 Å². The number of piperidine rings is 1. The number of carbonyl (C=O) groups is 7. The van der Waals surface area contributed by atoms with E-state index in [1.54, 1.807) is 24.3 Å². The normalized spacial score (nSPS) is 22.5. The van der Waals surface area contributed by atoms with E-state index in [4.69, 9.17) is 10.5 Å². The van der Waals surface area contributed by atoms with Crippen LogP contribution in [0.25, 0.3) is 0 Å². The Bertz CT molecular complexity index is 1900. The van der Waals surface area contributed by atoms with E-state index in [-0.39, 0.29) is 43.2 Å². The van der Waals surface area contributed by atoms with Gasteiger partial charge >= 0.3 is 12.0 Å². The fraction of sp³-hybridized carbons (Fsp3) is 0.537. The van der Waals surface area contributed by atoms with Gasteiger partial charge in [-0.3, -0.25) is 24.0 Å². The lowest BCUT2D eigenvalue weighted by Crippen LogP contribution is -2.62. The monoisotopic (exact) mass is 935 g/mol. The summed E-state index contributed by atoms with van der Waals surface area (Å²) >= 11 is 2.09. The molecule has 3 aliphatic rings. The molecule has 18 heteroatoms. The number of likely N-dealkylation sites (tertiary alicyclic amines) is 3. The van der Waals surface area contributed by atoms with E-state index in [1.165, 1.54) is 35.5 Å². The molecule has 0 aliphatic carbocycles. The lowest BCUT2D eigenvalue weighted by atomic mass is 9.97. The molecule has 3 aliphatic heterocycles. The minimum absolute atomic E-state index is 0.0144. The van der Waals surface area contributed by atoms with Gasteiger partial charge in [0, 0.05) is 41.4 Å². The maximum atomic E-state index is 14.7. The van der Waals surface area contributed by atoms with Crippen LogP contribution in [-0.2, 0) is 39.9 Å². The molecule has 0 aromatic heterocycles. The van der Waals surface area contributed by atoms with Crippen molar-refractivity contribution in [3.8, 4) is 0 Å². The van der Waals surface area contributed by atoms with Crippen LogP contribution in [0, 0.1) is 21.1 Å². The lowest BCUT2D eigenvalue weighted by molar-refractivity contribution is -0.162. The first kappa shape index (κ1) is 45.4. The minimum Gasteiger partial charge on any atom is -0.458 e. The molecule has 0 radical (unpaired) electrons. The average molecular weight is 936 g/mol. The molecule has 3 heterocycles. The molecule has 2 aromatic rings. The van der Waals surface area contributed by atoms with Gasteiger partial charge < -0.3 is 41.1 Å². The van der Waals surface area contributed by atoms with E-state index in [2.05, 4.69) is 38.5 Å². The number of hydrogen-bond donors (Lipinski definition) is 4. The molecular formula is C41H52F2IN7O8. The summed E-state index contributed by atoms with van der Waals surface area (Å²) in [5, 5.41) is 7.78. The number of amides is 6. The van der Waals surface area contributed by atoms with Crippen LogP contribution in [0.4, 0.5) is 19.3 Å². The Kier molecular flexibility index (Phi) is 15.4. The van der Waals surface area contributed by atoms with E-state index < -0.39 is 96.0 Å². The number of rotatable bonds is 13. The molecule has 15 nitrogen and oxygen atoms in total. The summed E-state index contributed by atoms with van der Waals surface area (Å²) in [6, 6.07) is 1.86. The number of nitrogens with zero attached hydrogens (tertiary/aromatic N) is 3. The van der Waals surface area contributed by atoms with E-state index in [0.717, 1.165) is 22.1 Å². The molecule has 3 saturated heterocycles. The molecule has 59 heavy (non-hydrogen) atoms. The Morgan fingerprint density at radius 2 is 1.49 bits per heavy atom. The highest BCUT2D eigenvalue weighted by Gasteiger charge is 2.46. The average Bonchev–Trinajstić information content (AvgIpc) is 3.83. The van der Waals surface area contributed by atoms with E-state index in [0.29, 0.717) is 37.6 Å². The third-order valence-corrected chi connectivity index (χ3v) is 11.7. The van der Waals surface area contributed by atoms with E-state index >= 15 is 0 Å². The summed E-state index contributed by atoms with van der Waals surface area (Å²) in [6.07, 6.45) is 1.10. The highest BCUT2D eigenvalue weighted by atomic mass is 127. The fourth-order valence-corrected chi connectivity index (χ4v) is 8.41. The second-order valence-electron chi connectivity index (χ2n) is 15.7. The highest BCUT2D eigenvalue weighted by Crippen LogP contribution is 2.28. The van der Waals surface area contributed by atoms with Gasteiger partial charge in [-0.1, -0.05) is 6.92 Å². The number of urea groups is 1. The molecule has 320 valence electrons. The molecule has 0 bridgehead atoms. The van der Waals surface area contributed by atoms with Gasteiger partial charge in [0.15, 0.2) is 5.78 Å². The lowest BCUT2D eigenvalue weighted by Gasteiger charge is -2.38. The zero-order valence-corrected chi connectivity index (χ0v) is 35.7. The van der Waals surface area contributed by atoms with Crippen molar-refractivity contribution in [3.63, 3.8) is 0 Å². The van der Waals surface area contributed by atoms with Gasteiger partial charge in [-0.05, 0) is 130 Å². The first-order chi connectivity index (χ1) is 27.9. The second kappa shape index (κ2) is 20.0. The Morgan fingerprint density at radius 1 is 0.847 bits per heavy atom. The number of hydrogen-bond acceptors (Lipinski definition) is 9. The standard InChI is InChI=1S/C41H52F2IN7O8/c1-22-16-34(51(21-22)37(54)23(2)45)40(57)59-25(4)35(39(56)50-15-7-9-33(50)38(55)49-14-6-5-8-32(49)24(3)52)48-36(53)31(19-26-17-27(42)20-28(43)18-26)47-41(58)46-30-12-10-29(44)11-13-30/h10-13,17-18,20,22-23,25,31-35H,5-9,14-16,19,21,45H2,1-4H3,(H,48,53)(H2,46,47,58)/t22-,23-,25-,31-,32-,33-,34-,35-/m0/s1. The van der Waals surface area contributed by atoms with Crippen LogP contribution >= 0.6 is 22.6 Å². The van der Waals surface area contributed by atoms with Crippen molar-refractivity contribution in [2.75, 3.05) is 25.0 Å². The first-order valence-electron chi connectivity index (χ1n) is 19.9. The van der Waals surface area contributed by atoms with Crippen LogP contribution in [0.15, 0.2) is 42.5 Å². The molecule has 3 fully saturated rings. The van der Waals surface area contributed by atoms with Crippen LogP contribution in [0.2, 0.25) is 0 Å². The van der Waals surface area contributed by atoms with Gasteiger partial charge in [0.1, 0.15) is 41.9 Å². The maximum absolute atomic E-state index is 14.7. The van der Waals surface area contributed by atoms with Crippen molar-refractivity contribution in [1.29, 1.82) is 0 Å². The number of nitrogens with one attached hydrogen (secondary N) is 3. The number of carbonyl (C=O) groups excluding carboxylic acids is 7. The van der Waals surface area contributed by atoms with Crippen molar-refractivity contribution in [2.24, 2.45) is 11.7 Å². The van der Waals surface area contributed by atoms with Gasteiger partial charge in [0.25, 0.3) is 0 Å². The number of benzene rings is 2. The zero-order chi connectivity index (χ0) is 43.1. The number of esters is 1. The summed E-state index contributed by atoms with van der Waals surface area (Å²) in [4.78, 5) is 99.9. The molecule has 8 atom stereocenters. The summed E-state index contributed by atoms with van der Waals surface area (Å²) in [7, 11) is 0. The Hall–Kier alpha value is -4.72. The first-order valence-corrected chi connectivity index (χ1v) is 21.0. The number of ketones is 1. The van der Waals surface area contributed by atoms with Crippen LogP contribution in [-0.4, -0.2) is 118 Å². The summed E-state index contributed by atoms with van der Waals surface area (Å²) in [5.74, 6) is -5.51. The molecule has 0 unspecified atom stereocenters. The predicted octanol–water partition coefficient (Wildman–Crippen LogP) is 3.26. The predicted molar refractivity (Wildman–Crippen MR) is 220 cm³/mol. The van der Waals surface area contributed by atoms with Gasteiger partial charge in [-0.2, -0.15) is 0 Å². The van der Waals surface area contributed by atoms with Gasteiger partial charge in [-0.15, -0.1) is 0 Å². The van der Waals surface area contributed by atoms with Crippen LogP contribution < -0.4 is 21.7 Å². The molecule has 0 saturated carbocycles. The van der Waals surface area contributed by atoms with Crippen LogP contribution in [0.1, 0.15) is 71.8 Å². The number of halogens is 3. The summed E-state index contributed by atoms with van der Waals surface area (Å²) < 4.78 is 35.4. The van der Waals surface area contributed by atoms with Crippen molar-refractivity contribution < 1.29 is 47.1 Å². The molecule has 5 rings (SSSR count). The summed E-state index contributed by atoms with van der Waals surface area (Å²) in [5.41, 5.74) is 6.27. The second-order valence-corrected chi connectivity index (χ2v) is 17.0. The third-order valence-electron chi connectivity index (χ3n) is 11.0. The SMILES string of the molecule is CC(=O)[C@@H]1CCCCN1C(=O)[C@@H]1CCCN1C(=O)[C@@H](NC(=O)[C@H](Cc1cc(F)cc(F)c1)NC(=O)Nc1ccc(I)cc1)[C@H](C)OC(=O)[C@@H]1C[C@H](C)CN1C(=O)[C@H](C)N. The Balaban J connectivity index is 1.45. The number of ether oxygens (including phenoxy) is 1. The molecule has 5 N–H and O–H groups in total. The van der Waals surface area contributed by atoms with Gasteiger partial charge in [0.2, 0.25) is 23.6 Å². The summed E-state index contributed by atoms with van der Waals surface area (Å²) in [6.45, 7) is 6.87. The zero-order valence-electron chi connectivity index (χ0n) is 33.6. The third kappa shape index (κ3) is 11.5. The Morgan fingerprint density at radius 3 is 2.14 bits per heavy atom. The van der Waals surface area contributed by atoms with Crippen LogP contribution in [0.5, 0.6) is 0 Å². The smallest absolute Gasteiger partial charge is 0.329 e. The highest BCUT2D eigenvalue weighted by molar-refractivity contribution is 14.1. The van der Waals surface area contributed by atoms with Gasteiger partial charge in [0.05, 0.1) is 12.1 Å². The fourth-order valence-electron chi connectivity index (χ4n) is 8.05.